The number of rotatable bonds is 4. The maximum absolute atomic E-state index is 11.7. The van der Waals surface area contributed by atoms with Crippen LogP contribution in [0, 0.1) is 0 Å². The number of carbonyl (C=O) groups excluding carboxylic acids is 1. The summed E-state index contributed by atoms with van der Waals surface area (Å²) in [6, 6.07) is 15.1. The second-order valence-electron chi connectivity index (χ2n) is 5.53. The Labute approximate surface area is 133 Å². The van der Waals surface area contributed by atoms with Gasteiger partial charge >= 0.3 is 12.1 Å². The minimum absolute atomic E-state index is 0.0340. The second-order valence-corrected chi connectivity index (χ2v) is 5.53. The number of hydrogen-bond donors (Lipinski definition) is 2. The number of carboxylic acids is 1. The van der Waals surface area contributed by atoms with Crippen LogP contribution < -0.4 is 5.32 Å². The van der Waals surface area contributed by atoms with Crippen molar-refractivity contribution in [2.75, 3.05) is 6.61 Å². The summed E-state index contributed by atoms with van der Waals surface area (Å²) in [5.74, 6) is -1.13. The second kappa shape index (κ2) is 6.12. The summed E-state index contributed by atoms with van der Waals surface area (Å²) in [4.78, 5) is 22.5. The van der Waals surface area contributed by atoms with Gasteiger partial charge in [0.1, 0.15) is 12.6 Å². The van der Waals surface area contributed by atoms with Crippen molar-refractivity contribution >= 4 is 12.1 Å². The predicted octanol–water partition coefficient (Wildman–Crippen LogP) is 3.00. The number of hydrogen-bond acceptors (Lipinski definition) is 3. The molecule has 0 aromatic heterocycles. The first-order valence-corrected chi connectivity index (χ1v) is 7.42. The maximum Gasteiger partial charge on any atom is 0.407 e. The molecule has 0 bridgehead atoms. The van der Waals surface area contributed by atoms with E-state index in [9.17, 15) is 9.59 Å². The van der Waals surface area contributed by atoms with Crippen LogP contribution in [0.1, 0.15) is 24.0 Å². The monoisotopic (exact) mass is 312 g/mol. The smallest absolute Gasteiger partial charge is 0.407 e. The van der Waals surface area contributed by atoms with Gasteiger partial charge in [0.15, 0.2) is 0 Å². The fraction of sp³-hybridized carbons (Fsp3) is 0.222. The van der Waals surface area contributed by atoms with Crippen molar-refractivity contribution in [2.24, 2.45) is 0 Å². The van der Waals surface area contributed by atoms with Gasteiger partial charge in [0.2, 0.25) is 0 Å². The van der Waals surface area contributed by atoms with Crippen molar-refractivity contribution in [3.05, 3.63) is 59.7 Å². The van der Waals surface area contributed by atoms with Crippen LogP contribution in [0.4, 0.5) is 4.79 Å². The molecule has 0 heterocycles. The van der Waals surface area contributed by atoms with Gasteiger partial charge in [-0.3, -0.25) is 4.79 Å². The Balaban J connectivity index is 1.76. The molecule has 118 valence electrons. The van der Waals surface area contributed by atoms with Gasteiger partial charge in [-0.15, -0.1) is 0 Å². The van der Waals surface area contributed by atoms with E-state index in [2.05, 4.69) is 17.4 Å². The summed E-state index contributed by atoms with van der Waals surface area (Å²) in [5, 5.41) is 11.1. The molecule has 2 aromatic rings. The minimum atomic E-state index is -1.10. The van der Waals surface area contributed by atoms with E-state index in [1.165, 1.54) is 6.92 Å². The Kier molecular flexibility index (Phi) is 4.02. The van der Waals surface area contributed by atoms with Gasteiger partial charge in [-0.05, 0) is 29.2 Å². The number of ether oxygens (including phenoxy) is 1. The lowest BCUT2D eigenvalue weighted by molar-refractivity contribution is -0.138. The van der Waals surface area contributed by atoms with Gasteiger partial charge < -0.3 is 15.2 Å². The van der Waals surface area contributed by atoms with E-state index < -0.39 is 18.1 Å². The number of alkyl carbamates (subject to hydrolysis) is 1. The molecule has 0 unspecified atom stereocenters. The summed E-state index contributed by atoms with van der Waals surface area (Å²) in [7, 11) is 0. The molecule has 0 aliphatic heterocycles. The van der Waals surface area contributed by atoms with Crippen molar-refractivity contribution in [3.63, 3.8) is 0 Å². The molecule has 0 saturated heterocycles. The third kappa shape index (κ3) is 2.90. The molecular formula is C18H17NO4. The topological polar surface area (TPSA) is 75.6 Å². The van der Waals surface area contributed by atoms with E-state index in [-0.39, 0.29) is 12.5 Å². The maximum atomic E-state index is 11.7. The highest BCUT2D eigenvalue weighted by Gasteiger charge is 2.29. The third-order valence-corrected chi connectivity index (χ3v) is 4.05. The largest absolute Gasteiger partial charge is 0.480 e. The number of carboxylic acid groups (broad SMARTS) is 1. The molecule has 2 N–H and O–H groups in total. The fourth-order valence-corrected chi connectivity index (χ4v) is 2.88. The van der Waals surface area contributed by atoms with Crippen molar-refractivity contribution < 1.29 is 19.4 Å². The normalized spacial score (nSPS) is 13.8. The van der Waals surface area contributed by atoms with E-state index in [1.54, 1.807) is 0 Å². The molecule has 1 aliphatic carbocycles. The lowest BCUT2D eigenvalue weighted by atomic mass is 9.98. The van der Waals surface area contributed by atoms with Crippen LogP contribution in [-0.2, 0) is 9.53 Å². The summed E-state index contributed by atoms with van der Waals surface area (Å²) >= 11 is 0. The summed E-state index contributed by atoms with van der Waals surface area (Å²) in [6.07, 6.45) is -0.721. The van der Waals surface area contributed by atoms with Crippen LogP contribution in [0.3, 0.4) is 0 Å². The fourth-order valence-electron chi connectivity index (χ4n) is 2.88. The van der Waals surface area contributed by atoms with Crippen LogP contribution in [0.15, 0.2) is 48.5 Å². The van der Waals surface area contributed by atoms with Crippen LogP contribution in [-0.4, -0.2) is 29.8 Å². The third-order valence-electron chi connectivity index (χ3n) is 4.05. The first kappa shape index (κ1) is 15.1. The number of nitrogens with one attached hydrogen (secondary N) is 1. The first-order chi connectivity index (χ1) is 11.1. The zero-order chi connectivity index (χ0) is 16.4. The van der Waals surface area contributed by atoms with Crippen molar-refractivity contribution in [1.29, 1.82) is 0 Å². The first-order valence-electron chi connectivity index (χ1n) is 7.42. The standard InChI is InChI=1S/C18H17NO4/c1-11(17(20)21)19-18(22)23-10-16-14-8-4-2-6-12(14)13-7-3-5-9-15(13)16/h2-9,11,16H,10H2,1H3,(H,19,22)(H,20,21)/t11-/m0/s1/i11+1. The highest BCUT2D eigenvalue weighted by atomic mass is 16.6. The van der Waals surface area contributed by atoms with Gasteiger partial charge in [0.25, 0.3) is 0 Å². The predicted molar refractivity (Wildman–Crippen MR) is 85.3 cm³/mol. The molecule has 1 amide bonds. The van der Waals surface area contributed by atoms with Crippen LogP contribution in [0.25, 0.3) is 11.1 Å². The van der Waals surface area contributed by atoms with Crippen molar-refractivity contribution in [1.82, 2.24) is 5.32 Å². The molecule has 0 radical (unpaired) electrons. The average molecular weight is 312 g/mol. The Morgan fingerprint density at radius 2 is 1.61 bits per heavy atom. The van der Waals surface area contributed by atoms with Crippen LogP contribution in [0.5, 0.6) is 0 Å². The highest BCUT2D eigenvalue weighted by Crippen LogP contribution is 2.44. The molecule has 5 heteroatoms. The molecule has 1 atom stereocenters. The summed E-state index contributed by atoms with van der Waals surface area (Å²) < 4.78 is 5.25. The molecule has 2 aromatic carbocycles. The molecule has 23 heavy (non-hydrogen) atoms. The molecule has 5 nitrogen and oxygen atoms in total. The van der Waals surface area contributed by atoms with Gasteiger partial charge in [0.05, 0.1) is 0 Å². The zero-order valence-corrected chi connectivity index (χ0v) is 12.7. The Bertz CT molecular complexity index is 711. The van der Waals surface area contributed by atoms with E-state index in [4.69, 9.17) is 9.84 Å². The SMILES string of the molecule is C[13C@H](NC(=O)OCC1c2ccccc2-c2ccccc21)C(=O)O. The van der Waals surface area contributed by atoms with Gasteiger partial charge in [-0.1, -0.05) is 48.5 Å². The van der Waals surface area contributed by atoms with E-state index in [1.807, 2.05) is 36.4 Å². The van der Waals surface area contributed by atoms with Crippen molar-refractivity contribution in [2.45, 2.75) is 18.9 Å². The lowest BCUT2D eigenvalue weighted by Crippen LogP contribution is -2.39. The highest BCUT2D eigenvalue weighted by molar-refractivity contribution is 5.80. The zero-order valence-electron chi connectivity index (χ0n) is 12.7. The van der Waals surface area contributed by atoms with E-state index in [0.717, 1.165) is 22.3 Å². The summed E-state index contributed by atoms with van der Waals surface area (Å²) in [6.45, 7) is 1.57. The van der Waals surface area contributed by atoms with Crippen molar-refractivity contribution in [3.8, 4) is 11.1 Å². The number of carbonyl (C=O) groups is 2. The number of fused-ring (bicyclic) bond motifs is 3. The van der Waals surface area contributed by atoms with Gasteiger partial charge in [-0.2, -0.15) is 0 Å². The molecule has 0 fully saturated rings. The number of aliphatic carboxylic acids is 1. The molecular weight excluding hydrogens is 295 g/mol. The summed E-state index contributed by atoms with van der Waals surface area (Å²) in [5.41, 5.74) is 4.53. The van der Waals surface area contributed by atoms with Crippen LogP contribution in [0.2, 0.25) is 0 Å². The number of benzene rings is 2. The van der Waals surface area contributed by atoms with Gasteiger partial charge in [0, 0.05) is 5.92 Å². The number of amides is 1. The molecule has 1 aliphatic rings. The average Bonchev–Trinajstić information content (AvgIpc) is 2.87. The Morgan fingerprint density at radius 1 is 1.09 bits per heavy atom. The van der Waals surface area contributed by atoms with Crippen LogP contribution >= 0.6 is 0 Å². The molecule has 3 rings (SSSR count). The molecule has 0 saturated carbocycles. The lowest BCUT2D eigenvalue weighted by Gasteiger charge is -2.15. The Morgan fingerprint density at radius 3 is 2.13 bits per heavy atom. The van der Waals surface area contributed by atoms with Gasteiger partial charge in [-0.25, -0.2) is 4.79 Å². The molecule has 0 spiro atoms. The van der Waals surface area contributed by atoms with E-state index >= 15 is 0 Å². The van der Waals surface area contributed by atoms with E-state index in [0.29, 0.717) is 0 Å². The Hall–Kier alpha value is -2.82. The quantitative estimate of drug-likeness (QED) is 0.851. The minimum Gasteiger partial charge on any atom is -0.480 e.